The van der Waals surface area contributed by atoms with Crippen LogP contribution in [0.3, 0.4) is 0 Å². The van der Waals surface area contributed by atoms with Gasteiger partial charge in [0, 0.05) is 19.3 Å². The number of hydrogen-bond acceptors (Lipinski definition) is 6. The monoisotopic (exact) mass is 995 g/mol. The normalized spacial score (nSPS) is 12.3. The Labute approximate surface area is 441 Å². The van der Waals surface area contributed by atoms with E-state index in [1.54, 1.807) is 0 Å². The second-order valence-electron chi connectivity index (χ2n) is 21.0. The molecule has 0 aromatic carbocycles. The molecule has 1 atom stereocenters. The Morgan fingerprint density at radius 1 is 0.282 bits per heavy atom. The summed E-state index contributed by atoms with van der Waals surface area (Å²) in [5.74, 6) is -0.890. The lowest BCUT2D eigenvalue weighted by molar-refractivity contribution is -0.167. The van der Waals surface area contributed by atoms with E-state index in [0.717, 1.165) is 70.6 Å². The summed E-state index contributed by atoms with van der Waals surface area (Å²) in [5.41, 5.74) is 0. The highest BCUT2D eigenvalue weighted by Crippen LogP contribution is 2.17. The van der Waals surface area contributed by atoms with Crippen LogP contribution in [0.2, 0.25) is 0 Å². The summed E-state index contributed by atoms with van der Waals surface area (Å²) in [6.45, 7) is 6.63. The maximum atomic E-state index is 12.9. The largest absolute Gasteiger partial charge is 0.462 e. The number of carbonyl (C=O) groups excluding carboxylic acids is 3. The van der Waals surface area contributed by atoms with Crippen LogP contribution in [0.15, 0.2) is 48.6 Å². The number of hydrogen-bond donors (Lipinski definition) is 0. The Morgan fingerprint density at radius 2 is 0.493 bits per heavy atom. The number of ether oxygens (including phenoxy) is 3. The molecule has 0 spiro atoms. The molecule has 71 heavy (non-hydrogen) atoms. The molecular weight excluding hydrogens is 877 g/mol. The summed E-state index contributed by atoms with van der Waals surface area (Å²) >= 11 is 0. The van der Waals surface area contributed by atoms with Crippen molar-refractivity contribution in [3.8, 4) is 0 Å². The molecule has 0 aliphatic rings. The molecule has 0 amide bonds. The maximum absolute atomic E-state index is 12.9. The highest BCUT2D eigenvalue weighted by molar-refractivity contribution is 5.71. The Balaban J connectivity index is 4.37. The molecule has 6 nitrogen and oxygen atoms in total. The molecule has 0 aliphatic carbocycles. The topological polar surface area (TPSA) is 78.9 Å². The van der Waals surface area contributed by atoms with E-state index in [0.29, 0.717) is 19.3 Å². The van der Waals surface area contributed by atoms with Gasteiger partial charge in [-0.1, -0.05) is 288 Å². The molecular formula is C65H118O6. The van der Waals surface area contributed by atoms with E-state index in [1.807, 2.05) is 0 Å². The van der Waals surface area contributed by atoms with Gasteiger partial charge in [0.15, 0.2) is 6.10 Å². The summed E-state index contributed by atoms with van der Waals surface area (Å²) in [4.78, 5) is 38.3. The van der Waals surface area contributed by atoms with E-state index in [1.165, 1.54) is 218 Å². The van der Waals surface area contributed by atoms with Crippen molar-refractivity contribution in [1.29, 1.82) is 0 Å². The van der Waals surface area contributed by atoms with Gasteiger partial charge in [-0.05, 0) is 70.6 Å². The zero-order valence-electron chi connectivity index (χ0n) is 47.5. The molecule has 1 unspecified atom stereocenters. The van der Waals surface area contributed by atoms with Gasteiger partial charge in [-0.3, -0.25) is 14.4 Å². The molecule has 0 bridgehead atoms. The van der Waals surface area contributed by atoms with E-state index in [-0.39, 0.29) is 31.1 Å². The van der Waals surface area contributed by atoms with Gasteiger partial charge in [0.05, 0.1) is 0 Å². The van der Waals surface area contributed by atoms with E-state index >= 15 is 0 Å². The second kappa shape index (κ2) is 59.9. The molecule has 0 rings (SSSR count). The molecule has 0 heterocycles. The molecule has 0 aromatic rings. The number of unbranched alkanes of at least 4 members (excludes halogenated alkanes) is 40. The lowest BCUT2D eigenvalue weighted by atomic mass is 10.0. The van der Waals surface area contributed by atoms with Gasteiger partial charge in [-0.25, -0.2) is 0 Å². The molecule has 0 N–H and O–H groups in total. The van der Waals surface area contributed by atoms with E-state index in [2.05, 4.69) is 69.4 Å². The van der Waals surface area contributed by atoms with Gasteiger partial charge in [-0.15, -0.1) is 0 Å². The number of esters is 3. The van der Waals surface area contributed by atoms with Crippen molar-refractivity contribution >= 4 is 17.9 Å². The average molecular weight is 996 g/mol. The first-order valence-corrected chi connectivity index (χ1v) is 31.2. The lowest BCUT2D eigenvalue weighted by Gasteiger charge is -2.18. The fraction of sp³-hybridized carbons (Fsp3) is 0.831. The van der Waals surface area contributed by atoms with Crippen LogP contribution in [-0.2, 0) is 28.6 Å². The van der Waals surface area contributed by atoms with Crippen LogP contribution in [-0.4, -0.2) is 37.2 Å². The van der Waals surface area contributed by atoms with Crippen molar-refractivity contribution in [2.24, 2.45) is 0 Å². The van der Waals surface area contributed by atoms with Gasteiger partial charge in [-0.2, -0.15) is 0 Å². The average Bonchev–Trinajstić information content (AvgIpc) is 3.37. The van der Waals surface area contributed by atoms with Crippen molar-refractivity contribution in [1.82, 2.24) is 0 Å². The van der Waals surface area contributed by atoms with Gasteiger partial charge >= 0.3 is 17.9 Å². The summed E-state index contributed by atoms with van der Waals surface area (Å²) in [6.07, 6.45) is 73.9. The van der Waals surface area contributed by atoms with Crippen LogP contribution in [0, 0.1) is 0 Å². The molecule has 0 aromatic heterocycles. The second-order valence-corrected chi connectivity index (χ2v) is 21.0. The standard InChI is InChI=1S/C65H118O6/c1-4-7-10-13-16-19-22-25-28-31-33-35-37-40-43-46-49-52-55-58-64(67)70-61-62(60-69-63(66)57-54-51-48-45-42-39-36-30-27-24-21-18-15-12-9-6-3)71-65(68)59-56-53-50-47-44-41-38-34-32-29-26-23-20-17-14-11-8-5-2/h16,19,22,25,30,36,39,42,62H,4-15,17-18,20-21,23-24,26-29,31-35,37-38,40-41,43-61H2,1-3H3/b19-16-,25-22-,36-30-,42-39-. The third-order valence-corrected chi connectivity index (χ3v) is 13.9. The van der Waals surface area contributed by atoms with Crippen molar-refractivity contribution in [2.75, 3.05) is 13.2 Å². The van der Waals surface area contributed by atoms with Gasteiger partial charge in [0.25, 0.3) is 0 Å². The predicted octanol–water partition coefficient (Wildman–Crippen LogP) is 21.0. The minimum atomic E-state index is -0.784. The minimum Gasteiger partial charge on any atom is -0.462 e. The molecule has 0 fully saturated rings. The lowest BCUT2D eigenvalue weighted by Crippen LogP contribution is -2.30. The first-order valence-electron chi connectivity index (χ1n) is 31.2. The van der Waals surface area contributed by atoms with Crippen LogP contribution < -0.4 is 0 Å². The number of allylic oxidation sites excluding steroid dienone is 8. The van der Waals surface area contributed by atoms with Crippen LogP contribution in [0.25, 0.3) is 0 Å². The third kappa shape index (κ3) is 58.1. The molecule has 0 saturated carbocycles. The van der Waals surface area contributed by atoms with Crippen molar-refractivity contribution < 1.29 is 28.6 Å². The van der Waals surface area contributed by atoms with E-state index in [4.69, 9.17) is 14.2 Å². The van der Waals surface area contributed by atoms with Crippen molar-refractivity contribution in [2.45, 2.75) is 335 Å². The van der Waals surface area contributed by atoms with Crippen LogP contribution in [0.5, 0.6) is 0 Å². The van der Waals surface area contributed by atoms with Crippen LogP contribution in [0.4, 0.5) is 0 Å². The van der Waals surface area contributed by atoms with Gasteiger partial charge in [0.1, 0.15) is 13.2 Å². The first-order chi connectivity index (χ1) is 35.0. The summed E-state index contributed by atoms with van der Waals surface area (Å²) in [6, 6.07) is 0. The van der Waals surface area contributed by atoms with E-state index in [9.17, 15) is 14.4 Å². The highest BCUT2D eigenvalue weighted by Gasteiger charge is 2.19. The fourth-order valence-electron chi connectivity index (χ4n) is 9.13. The Hall–Kier alpha value is -2.63. The molecule has 6 heteroatoms. The Kier molecular flexibility index (Phi) is 57.7. The quantitative estimate of drug-likeness (QED) is 0.0261. The van der Waals surface area contributed by atoms with Gasteiger partial charge in [0.2, 0.25) is 0 Å². The zero-order chi connectivity index (χ0) is 51.4. The van der Waals surface area contributed by atoms with Crippen LogP contribution >= 0.6 is 0 Å². The number of carbonyl (C=O) groups is 3. The van der Waals surface area contributed by atoms with Crippen molar-refractivity contribution in [3.63, 3.8) is 0 Å². The minimum absolute atomic E-state index is 0.0801. The van der Waals surface area contributed by atoms with Crippen LogP contribution in [0.1, 0.15) is 329 Å². The summed E-state index contributed by atoms with van der Waals surface area (Å²) < 4.78 is 16.9. The molecule has 414 valence electrons. The van der Waals surface area contributed by atoms with Gasteiger partial charge < -0.3 is 14.2 Å². The smallest absolute Gasteiger partial charge is 0.306 e. The van der Waals surface area contributed by atoms with Crippen molar-refractivity contribution in [3.05, 3.63) is 48.6 Å². The van der Waals surface area contributed by atoms with E-state index < -0.39 is 6.10 Å². The SMILES string of the molecule is CCCCC/C=C\C=C/CCCCCCCCCCCCC(=O)OCC(COC(=O)CCCCC/C=C\C=C/CCCCCCCCC)OC(=O)CCCCCCCCCCCCCCCCCCCC. The molecule has 0 saturated heterocycles. The summed E-state index contributed by atoms with van der Waals surface area (Å²) in [5, 5.41) is 0. The summed E-state index contributed by atoms with van der Waals surface area (Å²) in [7, 11) is 0. The molecule has 0 aliphatic heterocycles. The predicted molar refractivity (Wildman–Crippen MR) is 307 cm³/mol. The highest BCUT2D eigenvalue weighted by atomic mass is 16.6. The zero-order valence-corrected chi connectivity index (χ0v) is 47.5. The fourth-order valence-corrected chi connectivity index (χ4v) is 9.13. The molecule has 0 radical (unpaired) electrons. The first kappa shape index (κ1) is 68.4. The Morgan fingerprint density at radius 3 is 0.789 bits per heavy atom. The maximum Gasteiger partial charge on any atom is 0.306 e. The third-order valence-electron chi connectivity index (χ3n) is 13.9. The Bertz CT molecular complexity index is 1230. The number of rotatable bonds is 57.